The highest BCUT2D eigenvalue weighted by molar-refractivity contribution is 8.00. The third-order valence-electron chi connectivity index (χ3n) is 3.99. The summed E-state index contributed by atoms with van der Waals surface area (Å²) in [5, 5.41) is 3.46. The second kappa shape index (κ2) is 8.77. The Hall–Kier alpha value is -1.20. The zero-order chi connectivity index (χ0) is 17.6. The van der Waals surface area contributed by atoms with Gasteiger partial charge in [-0.15, -0.1) is 0 Å². The van der Waals surface area contributed by atoms with Crippen LogP contribution in [0.3, 0.4) is 0 Å². The third kappa shape index (κ3) is 6.02. The summed E-state index contributed by atoms with van der Waals surface area (Å²) in [6, 6.07) is 8.81. The molecule has 2 rings (SSSR count). The summed E-state index contributed by atoms with van der Waals surface area (Å²) in [6.07, 6.45) is 0. The summed E-state index contributed by atoms with van der Waals surface area (Å²) in [5.41, 5.74) is 2.60. The van der Waals surface area contributed by atoms with Crippen molar-refractivity contribution in [3.8, 4) is 0 Å². The van der Waals surface area contributed by atoms with E-state index in [0.29, 0.717) is 4.75 Å². The molecule has 1 aliphatic heterocycles. The van der Waals surface area contributed by atoms with Crippen molar-refractivity contribution in [2.45, 2.75) is 38.6 Å². The maximum Gasteiger partial charge on any atom is 0.194 e. The van der Waals surface area contributed by atoms with Gasteiger partial charge in [-0.05, 0) is 46.0 Å². The van der Waals surface area contributed by atoms with Gasteiger partial charge in [0.2, 0.25) is 0 Å². The van der Waals surface area contributed by atoms with Crippen LogP contribution in [0.1, 0.15) is 31.9 Å². The fraction of sp³-hybridized carbons (Fsp3) is 0.632. The molecule has 1 fully saturated rings. The summed E-state index contributed by atoms with van der Waals surface area (Å²) in [6.45, 7) is 11.5. The van der Waals surface area contributed by atoms with Crippen molar-refractivity contribution >= 4 is 17.7 Å². The first-order valence-electron chi connectivity index (χ1n) is 8.79. The number of aliphatic imine (C=N–C) groups is 1. The number of thioether (sulfide) groups is 1. The second-order valence-corrected chi connectivity index (χ2v) is 9.06. The van der Waals surface area contributed by atoms with Crippen LogP contribution in [0, 0.1) is 0 Å². The molecule has 0 unspecified atom stereocenters. The van der Waals surface area contributed by atoms with Crippen molar-refractivity contribution in [3.63, 3.8) is 0 Å². The molecule has 1 saturated heterocycles. The quantitative estimate of drug-likeness (QED) is 0.654. The van der Waals surface area contributed by atoms with Crippen LogP contribution >= 0.6 is 11.8 Å². The Morgan fingerprint density at radius 1 is 1.25 bits per heavy atom. The molecule has 0 aromatic heterocycles. The lowest BCUT2D eigenvalue weighted by Crippen LogP contribution is -2.50. The Kier molecular flexibility index (Phi) is 6.99. The molecule has 4 nitrogen and oxygen atoms in total. The average Bonchev–Trinajstić information content (AvgIpc) is 2.51. The first-order valence-corrected chi connectivity index (χ1v) is 9.78. The van der Waals surface area contributed by atoms with Crippen LogP contribution in [0.15, 0.2) is 29.3 Å². The molecule has 134 valence electrons. The standard InChI is InChI=1S/C19H32N4S/c1-6-20-18(23-11-12-24-19(2,3)15-23)21-13-16-7-9-17(10-8-16)14-22(4)5/h7-10H,6,11-15H2,1-5H3,(H,20,21). The fourth-order valence-electron chi connectivity index (χ4n) is 2.90. The number of guanidine groups is 1. The van der Waals surface area contributed by atoms with Crippen LogP contribution in [0.25, 0.3) is 0 Å². The molecule has 1 aliphatic rings. The van der Waals surface area contributed by atoms with Gasteiger partial charge in [-0.3, -0.25) is 0 Å². The molecule has 24 heavy (non-hydrogen) atoms. The number of hydrogen-bond acceptors (Lipinski definition) is 3. The Labute approximate surface area is 151 Å². The number of benzene rings is 1. The molecule has 1 aromatic carbocycles. The monoisotopic (exact) mass is 348 g/mol. The number of hydrogen-bond donors (Lipinski definition) is 1. The molecule has 0 saturated carbocycles. The maximum atomic E-state index is 4.88. The highest BCUT2D eigenvalue weighted by Crippen LogP contribution is 2.29. The van der Waals surface area contributed by atoms with E-state index in [2.05, 4.69) is 86.0 Å². The SMILES string of the molecule is CCNC(=NCc1ccc(CN(C)C)cc1)N1CCSC(C)(C)C1. The van der Waals surface area contributed by atoms with E-state index in [0.717, 1.165) is 44.4 Å². The smallest absolute Gasteiger partial charge is 0.194 e. The molecule has 0 bridgehead atoms. The van der Waals surface area contributed by atoms with Crippen LogP contribution in [-0.4, -0.2) is 60.0 Å². The van der Waals surface area contributed by atoms with E-state index in [-0.39, 0.29) is 0 Å². The summed E-state index contributed by atoms with van der Waals surface area (Å²) >= 11 is 2.05. The molecule has 0 aliphatic carbocycles. The molecule has 0 radical (unpaired) electrons. The first kappa shape index (κ1) is 19.1. The summed E-state index contributed by atoms with van der Waals surface area (Å²) < 4.78 is 0.294. The molecule has 1 N–H and O–H groups in total. The van der Waals surface area contributed by atoms with E-state index < -0.39 is 0 Å². The van der Waals surface area contributed by atoms with Crippen LogP contribution in [0.4, 0.5) is 0 Å². The molecule has 0 spiro atoms. The minimum absolute atomic E-state index is 0.294. The van der Waals surface area contributed by atoms with E-state index in [4.69, 9.17) is 4.99 Å². The largest absolute Gasteiger partial charge is 0.357 e. The first-order chi connectivity index (χ1) is 11.4. The summed E-state index contributed by atoms with van der Waals surface area (Å²) in [4.78, 5) is 9.47. The Morgan fingerprint density at radius 2 is 1.92 bits per heavy atom. The van der Waals surface area contributed by atoms with E-state index >= 15 is 0 Å². The predicted molar refractivity (Wildman–Crippen MR) is 107 cm³/mol. The maximum absolute atomic E-state index is 4.88. The van der Waals surface area contributed by atoms with Crippen LogP contribution < -0.4 is 5.32 Å². The minimum atomic E-state index is 0.294. The van der Waals surface area contributed by atoms with Gasteiger partial charge in [0, 0.05) is 36.7 Å². The second-order valence-electron chi connectivity index (χ2n) is 7.25. The van der Waals surface area contributed by atoms with E-state index in [9.17, 15) is 0 Å². The van der Waals surface area contributed by atoms with Crippen molar-refractivity contribution in [1.29, 1.82) is 0 Å². The van der Waals surface area contributed by atoms with Gasteiger partial charge in [0.05, 0.1) is 6.54 Å². The Bertz CT molecular complexity index is 537. The van der Waals surface area contributed by atoms with Crippen LogP contribution in [0.2, 0.25) is 0 Å². The van der Waals surface area contributed by atoms with Crippen molar-refractivity contribution in [3.05, 3.63) is 35.4 Å². The average molecular weight is 349 g/mol. The topological polar surface area (TPSA) is 30.9 Å². The van der Waals surface area contributed by atoms with Gasteiger partial charge < -0.3 is 15.1 Å². The molecule has 1 heterocycles. The number of nitrogens with one attached hydrogen (secondary N) is 1. The molecular formula is C19H32N4S. The lowest BCUT2D eigenvalue weighted by atomic mass is 10.1. The zero-order valence-electron chi connectivity index (χ0n) is 15.8. The van der Waals surface area contributed by atoms with Gasteiger partial charge in [-0.25, -0.2) is 4.99 Å². The lowest BCUT2D eigenvalue weighted by Gasteiger charge is -2.39. The van der Waals surface area contributed by atoms with Gasteiger partial charge >= 0.3 is 0 Å². The summed E-state index contributed by atoms with van der Waals surface area (Å²) in [5.74, 6) is 2.21. The Balaban J connectivity index is 2.02. The van der Waals surface area contributed by atoms with Crippen molar-refractivity contribution in [1.82, 2.24) is 15.1 Å². The highest BCUT2D eigenvalue weighted by atomic mass is 32.2. The predicted octanol–water partition coefficient (Wildman–Crippen LogP) is 3.04. The zero-order valence-corrected chi connectivity index (χ0v) is 16.6. The van der Waals surface area contributed by atoms with Gasteiger partial charge in [-0.1, -0.05) is 24.3 Å². The fourth-order valence-corrected chi connectivity index (χ4v) is 4.02. The molecule has 1 aromatic rings. The summed E-state index contributed by atoms with van der Waals surface area (Å²) in [7, 11) is 4.19. The molecular weight excluding hydrogens is 316 g/mol. The molecule has 0 amide bonds. The van der Waals surface area contributed by atoms with Gasteiger partial charge in [0.25, 0.3) is 0 Å². The number of nitrogens with zero attached hydrogens (tertiary/aromatic N) is 3. The molecule has 0 atom stereocenters. The van der Waals surface area contributed by atoms with Gasteiger partial charge in [0.15, 0.2) is 5.96 Å². The van der Waals surface area contributed by atoms with Crippen molar-refractivity contribution in [2.24, 2.45) is 4.99 Å². The van der Waals surface area contributed by atoms with Crippen LogP contribution in [-0.2, 0) is 13.1 Å². The normalized spacial score (nSPS) is 18.1. The van der Waals surface area contributed by atoms with Gasteiger partial charge in [0.1, 0.15) is 0 Å². The lowest BCUT2D eigenvalue weighted by molar-refractivity contribution is 0.376. The van der Waals surface area contributed by atoms with Crippen LogP contribution in [0.5, 0.6) is 0 Å². The highest BCUT2D eigenvalue weighted by Gasteiger charge is 2.28. The van der Waals surface area contributed by atoms with Gasteiger partial charge in [-0.2, -0.15) is 11.8 Å². The van der Waals surface area contributed by atoms with Crippen molar-refractivity contribution < 1.29 is 0 Å². The minimum Gasteiger partial charge on any atom is -0.357 e. The van der Waals surface area contributed by atoms with E-state index in [1.165, 1.54) is 11.1 Å². The third-order valence-corrected chi connectivity index (χ3v) is 5.29. The Morgan fingerprint density at radius 3 is 2.50 bits per heavy atom. The molecule has 5 heteroatoms. The van der Waals surface area contributed by atoms with E-state index in [1.807, 2.05) is 0 Å². The number of rotatable bonds is 5. The van der Waals surface area contributed by atoms with E-state index in [1.54, 1.807) is 0 Å². The van der Waals surface area contributed by atoms with Crippen molar-refractivity contribution in [2.75, 3.05) is 39.5 Å².